The molecule has 0 aliphatic rings. The lowest BCUT2D eigenvalue weighted by molar-refractivity contribution is -0.129. The fraction of sp³-hybridized carbons (Fsp3) is 0.167. The van der Waals surface area contributed by atoms with Gasteiger partial charge in [0.25, 0.3) is 6.47 Å². The first kappa shape index (κ1) is 11.3. The number of nitrogens with one attached hydrogen (secondary N) is 1. The van der Waals surface area contributed by atoms with E-state index >= 15 is 0 Å². The van der Waals surface area contributed by atoms with E-state index in [2.05, 4.69) is 14.7 Å². The van der Waals surface area contributed by atoms with Gasteiger partial charge in [0.1, 0.15) is 12.4 Å². The second kappa shape index (κ2) is 5.27. The van der Waals surface area contributed by atoms with E-state index in [0.717, 1.165) is 22.6 Å². The van der Waals surface area contributed by atoms with Crippen LogP contribution in [0, 0.1) is 0 Å². The number of nitrogens with zero attached hydrogens (tertiary/aromatic N) is 1. The number of carbonyl (C=O) groups is 1. The average molecular weight is 231 g/mol. The highest BCUT2D eigenvalue weighted by atomic mass is 16.5. The molecule has 0 aliphatic heterocycles. The molecule has 2 aromatic rings. The highest BCUT2D eigenvalue weighted by molar-refractivity contribution is 5.60. The van der Waals surface area contributed by atoms with Crippen molar-refractivity contribution in [2.45, 2.75) is 13.2 Å². The monoisotopic (exact) mass is 231 g/mol. The number of hydrogen-bond acceptors (Lipinski definition) is 4. The Hall–Kier alpha value is -2.14. The van der Waals surface area contributed by atoms with Crippen LogP contribution in [0.15, 0.2) is 30.5 Å². The van der Waals surface area contributed by atoms with Gasteiger partial charge in [-0.3, -0.25) is 4.79 Å². The summed E-state index contributed by atoms with van der Waals surface area (Å²) in [5.74, 6) is 0.732. The van der Waals surface area contributed by atoms with Crippen molar-refractivity contribution in [2.75, 3.05) is 0 Å². The molecule has 1 heterocycles. The summed E-state index contributed by atoms with van der Waals surface area (Å²) in [5, 5.41) is 0. The molecule has 0 amide bonds. The molecule has 0 saturated carbocycles. The Kier molecular flexibility index (Phi) is 3.52. The summed E-state index contributed by atoms with van der Waals surface area (Å²) < 4.78 is 4.65. The van der Waals surface area contributed by atoms with Crippen molar-refractivity contribution in [2.24, 2.45) is 5.73 Å². The minimum atomic E-state index is 0.196. The number of nitrogens with two attached hydrogens (primary N) is 1. The molecule has 0 unspecified atom stereocenters. The van der Waals surface area contributed by atoms with E-state index in [1.165, 1.54) is 0 Å². The molecule has 0 saturated heterocycles. The van der Waals surface area contributed by atoms with Crippen LogP contribution in [-0.2, 0) is 22.7 Å². The van der Waals surface area contributed by atoms with Crippen molar-refractivity contribution >= 4 is 6.47 Å². The molecule has 0 atom stereocenters. The second-order valence-corrected chi connectivity index (χ2v) is 3.53. The van der Waals surface area contributed by atoms with Crippen molar-refractivity contribution < 1.29 is 9.53 Å². The number of aromatic amines is 1. The number of H-pyrrole nitrogens is 1. The summed E-state index contributed by atoms with van der Waals surface area (Å²) in [5.41, 5.74) is 8.39. The Morgan fingerprint density at radius 2 is 2.24 bits per heavy atom. The number of hydrogen-bond donors (Lipinski definition) is 2. The van der Waals surface area contributed by atoms with Gasteiger partial charge in [-0.05, 0) is 5.56 Å². The molecule has 0 radical (unpaired) electrons. The largest absolute Gasteiger partial charge is 0.461 e. The summed E-state index contributed by atoms with van der Waals surface area (Å²) in [6, 6.07) is 7.77. The van der Waals surface area contributed by atoms with Crippen LogP contribution in [0.5, 0.6) is 0 Å². The fourth-order valence-electron chi connectivity index (χ4n) is 1.62. The van der Waals surface area contributed by atoms with Crippen LogP contribution in [-0.4, -0.2) is 16.4 Å². The Balaban J connectivity index is 2.27. The second-order valence-electron chi connectivity index (χ2n) is 3.53. The molecule has 0 spiro atoms. The van der Waals surface area contributed by atoms with Gasteiger partial charge in [0.15, 0.2) is 0 Å². The first-order chi connectivity index (χ1) is 8.35. The van der Waals surface area contributed by atoms with Gasteiger partial charge in [0, 0.05) is 12.1 Å². The SMILES string of the molecule is NCc1ccccc1-c1ncc(COC=O)[nH]1. The molecule has 2 rings (SSSR count). The molecule has 3 N–H and O–H groups in total. The number of aromatic nitrogens is 2. The lowest BCUT2D eigenvalue weighted by Gasteiger charge is -2.03. The van der Waals surface area contributed by atoms with Crippen LogP contribution in [0.3, 0.4) is 0 Å². The third-order valence-electron chi connectivity index (χ3n) is 2.43. The lowest BCUT2D eigenvalue weighted by Crippen LogP contribution is -1.99. The first-order valence-corrected chi connectivity index (χ1v) is 5.22. The quantitative estimate of drug-likeness (QED) is 0.758. The third kappa shape index (κ3) is 2.51. The molecule has 0 bridgehead atoms. The Labute approximate surface area is 98.6 Å². The van der Waals surface area contributed by atoms with Gasteiger partial charge in [-0.2, -0.15) is 0 Å². The number of imidazole rings is 1. The van der Waals surface area contributed by atoms with E-state index in [4.69, 9.17) is 5.73 Å². The zero-order valence-electron chi connectivity index (χ0n) is 9.22. The van der Waals surface area contributed by atoms with Crippen molar-refractivity contribution in [3.63, 3.8) is 0 Å². The zero-order chi connectivity index (χ0) is 12.1. The number of ether oxygens (including phenoxy) is 1. The van der Waals surface area contributed by atoms with E-state index in [1.54, 1.807) is 6.20 Å². The molecule has 0 aliphatic carbocycles. The minimum Gasteiger partial charge on any atom is -0.461 e. The molecule has 17 heavy (non-hydrogen) atoms. The Morgan fingerprint density at radius 3 is 3.00 bits per heavy atom. The Bertz CT molecular complexity index is 508. The van der Waals surface area contributed by atoms with E-state index in [-0.39, 0.29) is 6.61 Å². The topological polar surface area (TPSA) is 81.0 Å². The summed E-state index contributed by atoms with van der Waals surface area (Å²) in [6.45, 7) is 1.06. The van der Waals surface area contributed by atoms with Gasteiger partial charge in [-0.25, -0.2) is 4.98 Å². The highest BCUT2D eigenvalue weighted by Crippen LogP contribution is 2.20. The normalized spacial score (nSPS) is 10.2. The standard InChI is InChI=1S/C12H13N3O2/c13-5-9-3-1-2-4-11(9)12-14-6-10(15-12)7-17-8-16/h1-4,6,8H,5,7,13H2,(H,14,15). The molecule has 5 heteroatoms. The van der Waals surface area contributed by atoms with E-state index in [0.29, 0.717) is 13.0 Å². The third-order valence-corrected chi connectivity index (χ3v) is 2.43. The maximum atomic E-state index is 10.1. The van der Waals surface area contributed by atoms with Gasteiger partial charge >= 0.3 is 0 Å². The number of carbonyl (C=O) groups excluding carboxylic acids is 1. The number of benzene rings is 1. The predicted octanol–water partition coefficient (Wildman–Crippen LogP) is 1.21. The van der Waals surface area contributed by atoms with Gasteiger partial charge in [0.05, 0.1) is 11.9 Å². The highest BCUT2D eigenvalue weighted by Gasteiger charge is 2.07. The molecule has 1 aromatic carbocycles. The summed E-state index contributed by atoms with van der Waals surface area (Å²) in [7, 11) is 0. The van der Waals surface area contributed by atoms with Crippen LogP contribution >= 0.6 is 0 Å². The zero-order valence-corrected chi connectivity index (χ0v) is 9.22. The Morgan fingerprint density at radius 1 is 1.41 bits per heavy atom. The molecule has 1 aromatic heterocycles. The van der Waals surface area contributed by atoms with Gasteiger partial charge in [0.2, 0.25) is 0 Å². The van der Waals surface area contributed by atoms with Crippen LogP contribution < -0.4 is 5.73 Å². The predicted molar refractivity (Wildman–Crippen MR) is 62.8 cm³/mol. The molecular formula is C12H13N3O2. The summed E-state index contributed by atoms with van der Waals surface area (Å²) in [6.07, 6.45) is 1.64. The molecule has 5 nitrogen and oxygen atoms in total. The molecule has 88 valence electrons. The van der Waals surface area contributed by atoms with Crippen molar-refractivity contribution in [1.29, 1.82) is 0 Å². The maximum Gasteiger partial charge on any atom is 0.293 e. The average Bonchev–Trinajstić information content (AvgIpc) is 2.85. The van der Waals surface area contributed by atoms with E-state index in [1.807, 2.05) is 24.3 Å². The fourth-order valence-corrected chi connectivity index (χ4v) is 1.62. The van der Waals surface area contributed by atoms with Gasteiger partial charge < -0.3 is 15.5 Å². The maximum absolute atomic E-state index is 10.1. The van der Waals surface area contributed by atoms with Crippen LogP contribution in [0.1, 0.15) is 11.3 Å². The summed E-state index contributed by atoms with van der Waals surface area (Å²) >= 11 is 0. The molecule has 0 fully saturated rings. The van der Waals surface area contributed by atoms with E-state index < -0.39 is 0 Å². The van der Waals surface area contributed by atoms with Gasteiger partial charge in [-0.1, -0.05) is 24.3 Å². The number of rotatable bonds is 5. The summed E-state index contributed by atoms with van der Waals surface area (Å²) in [4.78, 5) is 17.4. The van der Waals surface area contributed by atoms with Crippen LogP contribution in [0.4, 0.5) is 0 Å². The molecular weight excluding hydrogens is 218 g/mol. The van der Waals surface area contributed by atoms with Crippen molar-refractivity contribution in [3.05, 3.63) is 41.7 Å². The van der Waals surface area contributed by atoms with Crippen molar-refractivity contribution in [3.8, 4) is 11.4 Å². The lowest BCUT2D eigenvalue weighted by atomic mass is 10.1. The van der Waals surface area contributed by atoms with E-state index in [9.17, 15) is 4.79 Å². The smallest absolute Gasteiger partial charge is 0.293 e. The van der Waals surface area contributed by atoms with Crippen LogP contribution in [0.2, 0.25) is 0 Å². The van der Waals surface area contributed by atoms with Crippen LogP contribution in [0.25, 0.3) is 11.4 Å². The van der Waals surface area contributed by atoms with Gasteiger partial charge in [-0.15, -0.1) is 0 Å². The first-order valence-electron chi connectivity index (χ1n) is 5.22. The minimum absolute atomic E-state index is 0.196. The van der Waals surface area contributed by atoms with Crippen molar-refractivity contribution in [1.82, 2.24) is 9.97 Å².